The second-order valence-electron chi connectivity index (χ2n) is 4.68. The van der Waals surface area contributed by atoms with Crippen molar-refractivity contribution in [3.05, 3.63) is 63.8 Å². The van der Waals surface area contributed by atoms with Crippen molar-refractivity contribution in [3.63, 3.8) is 0 Å². The van der Waals surface area contributed by atoms with Crippen molar-refractivity contribution in [2.24, 2.45) is 4.99 Å². The summed E-state index contributed by atoms with van der Waals surface area (Å²) in [6.45, 7) is 3.62. The molecule has 2 aromatic heterocycles. The Hall–Kier alpha value is -2.89. The highest BCUT2D eigenvalue weighted by Gasteiger charge is 2.10. The molecule has 1 aromatic carbocycles. The van der Waals surface area contributed by atoms with Gasteiger partial charge in [-0.2, -0.15) is 0 Å². The van der Waals surface area contributed by atoms with E-state index in [0.29, 0.717) is 17.1 Å². The second-order valence-corrected chi connectivity index (χ2v) is 4.68. The Labute approximate surface area is 120 Å². The van der Waals surface area contributed by atoms with Gasteiger partial charge in [-0.25, -0.2) is 9.67 Å². The largest absolute Gasteiger partial charge is 0.359 e. The lowest BCUT2D eigenvalue weighted by atomic mass is 10.3. The van der Waals surface area contributed by atoms with Gasteiger partial charge >= 0.3 is 0 Å². The Bertz CT molecular complexity index is 840. The molecular weight excluding hydrogens is 268 g/mol. The summed E-state index contributed by atoms with van der Waals surface area (Å²) in [5.74, 6) is 1.12. The lowest BCUT2D eigenvalue weighted by Crippen LogP contribution is -2.17. The first-order chi connectivity index (χ1) is 10.1. The standard InChI is InChI=1S/C15H14N4O2/c1-10-8-14(18-21-10)16-9-13-11(2)17-19(15(13)20)12-6-4-3-5-7-12/h3-9,17H,1-2H3. The number of benzene rings is 1. The normalized spacial score (nSPS) is 11.3. The predicted molar refractivity (Wildman–Crippen MR) is 79.6 cm³/mol. The number of aromatic nitrogens is 3. The molecule has 2 heterocycles. The molecule has 0 saturated carbocycles. The van der Waals surface area contributed by atoms with Crippen LogP contribution in [0.4, 0.5) is 5.82 Å². The van der Waals surface area contributed by atoms with E-state index in [1.807, 2.05) is 37.3 Å². The summed E-state index contributed by atoms with van der Waals surface area (Å²) in [5.41, 5.74) is 1.87. The first kappa shape index (κ1) is 13.1. The summed E-state index contributed by atoms with van der Waals surface area (Å²) in [6.07, 6.45) is 1.50. The van der Waals surface area contributed by atoms with Crippen molar-refractivity contribution in [2.75, 3.05) is 0 Å². The summed E-state index contributed by atoms with van der Waals surface area (Å²) >= 11 is 0. The van der Waals surface area contributed by atoms with E-state index >= 15 is 0 Å². The van der Waals surface area contributed by atoms with Gasteiger partial charge in [0.25, 0.3) is 5.56 Å². The number of nitrogens with one attached hydrogen (secondary N) is 1. The maximum absolute atomic E-state index is 12.4. The minimum atomic E-state index is -0.150. The smallest absolute Gasteiger partial charge is 0.280 e. The zero-order chi connectivity index (χ0) is 14.8. The van der Waals surface area contributed by atoms with Crippen molar-refractivity contribution >= 4 is 12.0 Å². The van der Waals surface area contributed by atoms with Gasteiger partial charge in [0.2, 0.25) is 0 Å². The van der Waals surface area contributed by atoms with Crippen LogP contribution >= 0.6 is 0 Å². The van der Waals surface area contributed by atoms with Crippen molar-refractivity contribution in [2.45, 2.75) is 13.8 Å². The highest BCUT2D eigenvalue weighted by atomic mass is 16.5. The molecule has 6 heteroatoms. The van der Waals surface area contributed by atoms with Crippen molar-refractivity contribution < 1.29 is 4.52 Å². The number of para-hydroxylation sites is 1. The zero-order valence-electron chi connectivity index (χ0n) is 11.7. The zero-order valence-corrected chi connectivity index (χ0v) is 11.7. The monoisotopic (exact) mass is 282 g/mol. The Kier molecular flexibility index (Phi) is 3.27. The number of aliphatic imine (C=N–C) groups is 1. The lowest BCUT2D eigenvalue weighted by molar-refractivity contribution is 0.399. The molecule has 0 fully saturated rings. The van der Waals surface area contributed by atoms with E-state index in [4.69, 9.17) is 4.52 Å². The number of rotatable bonds is 3. The first-order valence-corrected chi connectivity index (χ1v) is 6.49. The molecule has 3 rings (SSSR count). The third-order valence-electron chi connectivity index (χ3n) is 3.07. The van der Waals surface area contributed by atoms with Crippen LogP contribution in [-0.2, 0) is 0 Å². The summed E-state index contributed by atoms with van der Waals surface area (Å²) in [6, 6.07) is 11.1. The average molecular weight is 282 g/mol. The maximum atomic E-state index is 12.4. The van der Waals surface area contributed by atoms with E-state index in [0.717, 1.165) is 11.4 Å². The Morgan fingerprint density at radius 2 is 2.05 bits per heavy atom. The molecule has 0 atom stereocenters. The van der Waals surface area contributed by atoms with Gasteiger partial charge in [0.1, 0.15) is 5.76 Å². The van der Waals surface area contributed by atoms with Crippen molar-refractivity contribution in [1.82, 2.24) is 14.9 Å². The van der Waals surface area contributed by atoms with E-state index in [1.165, 1.54) is 10.9 Å². The SMILES string of the molecule is Cc1cc(N=Cc2c(C)[nH]n(-c3ccccc3)c2=O)no1. The van der Waals surface area contributed by atoms with Gasteiger partial charge in [-0.3, -0.25) is 9.89 Å². The van der Waals surface area contributed by atoms with Crippen LogP contribution in [0.25, 0.3) is 5.69 Å². The highest BCUT2D eigenvalue weighted by molar-refractivity contribution is 5.82. The molecule has 21 heavy (non-hydrogen) atoms. The maximum Gasteiger partial charge on any atom is 0.280 e. The van der Waals surface area contributed by atoms with Gasteiger partial charge in [0.05, 0.1) is 11.3 Å². The molecule has 0 bridgehead atoms. The minimum absolute atomic E-state index is 0.150. The number of nitrogens with zero attached hydrogens (tertiary/aromatic N) is 3. The van der Waals surface area contributed by atoms with Gasteiger partial charge < -0.3 is 4.52 Å². The Morgan fingerprint density at radius 3 is 2.71 bits per heavy atom. The van der Waals surface area contributed by atoms with Gasteiger partial charge in [-0.15, -0.1) is 0 Å². The fraction of sp³-hybridized carbons (Fsp3) is 0.133. The minimum Gasteiger partial charge on any atom is -0.359 e. The fourth-order valence-corrected chi connectivity index (χ4v) is 2.02. The van der Waals surface area contributed by atoms with Gasteiger partial charge in [0, 0.05) is 18.0 Å². The van der Waals surface area contributed by atoms with Crippen LogP contribution in [-0.4, -0.2) is 21.2 Å². The second kappa shape index (κ2) is 5.24. The fourth-order valence-electron chi connectivity index (χ4n) is 2.02. The van der Waals surface area contributed by atoms with Gasteiger partial charge in [-0.05, 0) is 26.0 Å². The van der Waals surface area contributed by atoms with Gasteiger partial charge in [0.15, 0.2) is 5.82 Å². The number of aryl methyl sites for hydroxylation is 2. The van der Waals surface area contributed by atoms with E-state index in [9.17, 15) is 4.79 Å². The summed E-state index contributed by atoms with van der Waals surface area (Å²) in [5, 5.41) is 6.80. The van der Waals surface area contributed by atoms with Crippen LogP contribution in [0.1, 0.15) is 17.0 Å². The van der Waals surface area contributed by atoms with Crippen LogP contribution in [0.5, 0.6) is 0 Å². The molecule has 0 spiro atoms. The molecule has 0 aliphatic carbocycles. The summed E-state index contributed by atoms with van der Waals surface area (Å²) in [7, 11) is 0. The molecule has 0 aliphatic rings. The average Bonchev–Trinajstić information content (AvgIpc) is 3.02. The van der Waals surface area contributed by atoms with Gasteiger partial charge in [-0.1, -0.05) is 23.4 Å². The Morgan fingerprint density at radius 1 is 1.29 bits per heavy atom. The highest BCUT2D eigenvalue weighted by Crippen LogP contribution is 2.11. The molecule has 106 valence electrons. The molecule has 0 aliphatic heterocycles. The number of H-pyrrole nitrogens is 1. The van der Waals surface area contributed by atoms with E-state index in [1.54, 1.807) is 13.0 Å². The van der Waals surface area contributed by atoms with Crippen molar-refractivity contribution in [3.8, 4) is 5.69 Å². The number of aromatic amines is 1. The van der Waals surface area contributed by atoms with Crippen LogP contribution in [0.2, 0.25) is 0 Å². The van der Waals surface area contributed by atoms with E-state index in [-0.39, 0.29) is 5.56 Å². The van der Waals surface area contributed by atoms with Crippen LogP contribution in [0.3, 0.4) is 0 Å². The molecule has 0 amide bonds. The number of hydrogen-bond donors (Lipinski definition) is 1. The molecule has 6 nitrogen and oxygen atoms in total. The quantitative estimate of drug-likeness (QED) is 0.750. The molecule has 0 unspecified atom stereocenters. The third-order valence-corrected chi connectivity index (χ3v) is 3.07. The summed E-state index contributed by atoms with van der Waals surface area (Å²) < 4.78 is 6.42. The van der Waals surface area contributed by atoms with E-state index in [2.05, 4.69) is 15.2 Å². The topological polar surface area (TPSA) is 76.2 Å². The molecule has 1 N–H and O–H groups in total. The summed E-state index contributed by atoms with van der Waals surface area (Å²) in [4.78, 5) is 16.6. The molecule has 0 radical (unpaired) electrons. The van der Waals surface area contributed by atoms with Crippen LogP contribution in [0, 0.1) is 13.8 Å². The molecule has 3 aromatic rings. The molecule has 0 saturated heterocycles. The van der Waals surface area contributed by atoms with Crippen LogP contribution in [0.15, 0.2) is 50.7 Å². The Balaban J connectivity index is 1.99. The first-order valence-electron chi connectivity index (χ1n) is 6.49. The van der Waals surface area contributed by atoms with Crippen LogP contribution < -0.4 is 5.56 Å². The van der Waals surface area contributed by atoms with E-state index < -0.39 is 0 Å². The lowest BCUT2D eigenvalue weighted by Gasteiger charge is -1.99. The van der Waals surface area contributed by atoms with Crippen molar-refractivity contribution in [1.29, 1.82) is 0 Å². The third kappa shape index (κ3) is 2.55. The predicted octanol–water partition coefficient (Wildman–Crippen LogP) is 2.52. The molecular formula is C15H14N4O2. The number of hydrogen-bond acceptors (Lipinski definition) is 4.